The molecule has 1 N–H and O–H groups in total. The molecule has 1 aromatic heterocycles. The van der Waals surface area contributed by atoms with Gasteiger partial charge in [-0.05, 0) is 49.6 Å². The highest BCUT2D eigenvalue weighted by Crippen LogP contribution is 2.34. The molecular weight excluding hydrogens is 265 g/mol. The van der Waals surface area contributed by atoms with Crippen molar-refractivity contribution in [2.45, 2.75) is 51.5 Å². The third-order valence-electron chi connectivity index (χ3n) is 4.53. The first-order chi connectivity index (χ1) is 10.3. The Labute approximate surface area is 125 Å². The van der Waals surface area contributed by atoms with Crippen LogP contribution in [0.3, 0.4) is 0 Å². The zero-order chi connectivity index (χ0) is 14.7. The molecule has 0 radical (unpaired) electrons. The van der Waals surface area contributed by atoms with Crippen LogP contribution in [0.25, 0.3) is 11.0 Å². The Morgan fingerprint density at radius 2 is 2.10 bits per heavy atom. The van der Waals surface area contributed by atoms with Gasteiger partial charge in [0.25, 0.3) is 0 Å². The van der Waals surface area contributed by atoms with Crippen molar-refractivity contribution in [3.63, 3.8) is 0 Å². The van der Waals surface area contributed by atoms with Crippen LogP contribution in [0.15, 0.2) is 28.7 Å². The van der Waals surface area contributed by atoms with Crippen molar-refractivity contribution in [1.82, 2.24) is 5.32 Å². The van der Waals surface area contributed by atoms with E-state index in [0.717, 1.165) is 42.0 Å². The Bertz CT molecular complexity index is 586. The van der Waals surface area contributed by atoms with E-state index < -0.39 is 0 Å². The van der Waals surface area contributed by atoms with Crippen LogP contribution in [0.2, 0.25) is 0 Å². The Morgan fingerprint density at radius 1 is 1.29 bits per heavy atom. The molecule has 1 aliphatic rings. The molecule has 0 amide bonds. The van der Waals surface area contributed by atoms with Crippen LogP contribution in [0, 0.1) is 11.7 Å². The van der Waals surface area contributed by atoms with Crippen LogP contribution in [-0.4, -0.2) is 6.54 Å². The van der Waals surface area contributed by atoms with Crippen molar-refractivity contribution in [3.05, 3.63) is 35.8 Å². The summed E-state index contributed by atoms with van der Waals surface area (Å²) in [7, 11) is 0. The second kappa shape index (κ2) is 6.61. The summed E-state index contributed by atoms with van der Waals surface area (Å²) in [5.41, 5.74) is 0.779. The van der Waals surface area contributed by atoms with Gasteiger partial charge in [-0.15, -0.1) is 0 Å². The average Bonchev–Trinajstić information content (AvgIpc) is 3.11. The lowest BCUT2D eigenvalue weighted by molar-refractivity contribution is 0.350. The molecule has 2 nitrogen and oxygen atoms in total. The molecule has 0 aliphatic heterocycles. The van der Waals surface area contributed by atoms with Crippen molar-refractivity contribution in [2.24, 2.45) is 5.92 Å². The zero-order valence-corrected chi connectivity index (χ0v) is 12.7. The molecule has 3 rings (SSSR count). The van der Waals surface area contributed by atoms with E-state index in [1.165, 1.54) is 31.7 Å². The predicted octanol–water partition coefficient (Wildman–Crippen LogP) is 5.19. The number of rotatable bonds is 6. The molecule has 1 aromatic carbocycles. The number of halogens is 1. The van der Waals surface area contributed by atoms with Gasteiger partial charge in [-0.1, -0.05) is 32.6 Å². The topological polar surface area (TPSA) is 25.2 Å². The van der Waals surface area contributed by atoms with E-state index in [1.54, 1.807) is 12.1 Å². The van der Waals surface area contributed by atoms with Crippen LogP contribution < -0.4 is 5.32 Å². The van der Waals surface area contributed by atoms with Gasteiger partial charge in [0, 0.05) is 5.39 Å². The largest absolute Gasteiger partial charge is 0.459 e. The molecule has 1 saturated carbocycles. The molecule has 3 heteroatoms. The summed E-state index contributed by atoms with van der Waals surface area (Å²) in [5.74, 6) is 1.55. The molecule has 1 aliphatic carbocycles. The van der Waals surface area contributed by atoms with E-state index in [1.807, 2.05) is 6.07 Å². The molecule has 114 valence electrons. The van der Waals surface area contributed by atoms with Crippen molar-refractivity contribution < 1.29 is 8.81 Å². The molecule has 21 heavy (non-hydrogen) atoms. The Kier molecular flexibility index (Phi) is 4.59. The number of hydrogen-bond donors (Lipinski definition) is 1. The fourth-order valence-corrected chi connectivity index (χ4v) is 3.40. The van der Waals surface area contributed by atoms with E-state index >= 15 is 0 Å². The van der Waals surface area contributed by atoms with Gasteiger partial charge in [0.1, 0.15) is 17.2 Å². The minimum atomic E-state index is -0.205. The van der Waals surface area contributed by atoms with Crippen LogP contribution in [-0.2, 0) is 0 Å². The number of benzene rings is 1. The normalized spacial score (nSPS) is 17.6. The predicted molar refractivity (Wildman–Crippen MR) is 83.8 cm³/mol. The molecular formula is C18H24FNO. The van der Waals surface area contributed by atoms with E-state index in [0.29, 0.717) is 0 Å². The minimum Gasteiger partial charge on any atom is -0.459 e. The highest BCUT2D eigenvalue weighted by atomic mass is 19.1. The van der Waals surface area contributed by atoms with Gasteiger partial charge in [-0.3, -0.25) is 0 Å². The molecule has 0 saturated heterocycles. The summed E-state index contributed by atoms with van der Waals surface area (Å²) in [6.45, 7) is 3.16. The maximum absolute atomic E-state index is 13.3. The Balaban J connectivity index is 1.81. The number of furan rings is 1. The van der Waals surface area contributed by atoms with Crippen LogP contribution in [0.5, 0.6) is 0 Å². The van der Waals surface area contributed by atoms with Gasteiger partial charge >= 0.3 is 0 Å². The summed E-state index contributed by atoms with van der Waals surface area (Å²) >= 11 is 0. The van der Waals surface area contributed by atoms with E-state index in [-0.39, 0.29) is 11.9 Å². The lowest BCUT2D eigenvalue weighted by Gasteiger charge is -2.19. The molecule has 1 fully saturated rings. The maximum atomic E-state index is 13.3. The van der Waals surface area contributed by atoms with Crippen molar-refractivity contribution >= 4 is 11.0 Å². The fourth-order valence-electron chi connectivity index (χ4n) is 3.40. The second-order valence-corrected chi connectivity index (χ2v) is 6.22. The van der Waals surface area contributed by atoms with Crippen LogP contribution in [0.1, 0.15) is 57.3 Å². The van der Waals surface area contributed by atoms with Gasteiger partial charge in [-0.25, -0.2) is 4.39 Å². The van der Waals surface area contributed by atoms with Gasteiger partial charge in [0.2, 0.25) is 0 Å². The van der Waals surface area contributed by atoms with Crippen molar-refractivity contribution in [3.8, 4) is 0 Å². The fraction of sp³-hybridized carbons (Fsp3) is 0.556. The summed E-state index contributed by atoms with van der Waals surface area (Å²) in [6, 6.07) is 6.99. The van der Waals surface area contributed by atoms with Gasteiger partial charge in [0.05, 0.1) is 6.04 Å². The highest BCUT2D eigenvalue weighted by molar-refractivity contribution is 5.78. The summed E-state index contributed by atoms with van der Waals surface area (Å²) in [4.78, 5) is 0. The lowest BCUT2D eigenvalue weighted by atomic mass is 9.96. The zero-order valence-electron chi connectivity index (χ0n) is 12.7. The monoisotopic (exact) mass is 289 g/mol. The number of fused-ring (bicyclic) bond motifs is 1. The molecule has 0 spiro atoms. The molecule has 2 aromatic rings. The smallest absolute Gasteiger partial charge is 0.134 e. The molecule has 1 unspecified atom stereocenters. The highest BCUT2D eigenvalue weighted by Gasteiger charge is 2.23. The Morgan fingerprint density at radius 3 is 2.86 bits per heavy atom. The SMILES string of the molecule is CCCNC(CC1CCCC1)c1cc2cc(F)ccc2o1. The van der Waals surface area contributed by atoms with E-state index in [4.69, 9.17) is 4.42 Å². The first kappa shape index (κ1) is 14.6. The maximum Gasteiger partial charge on any atom is 0.134 e. The first-order valence-corrected chi connectivity index (χ1v) is 8.18. The third kappa shape index (κ3) is 3.46. The van der Waals surface area contributed by atoms with E-state index in [2.05, 4.69) is 12.2 Å². The lowest BCUT2D eigenvalue weighted by Crippen LogP contribution is -2.23. The van der Waals surface area contributed by atoms with Crippen molar-refractivity contribution in [2.75, 3.05) is 6.54 Å². The number of hydrogen-bond acceptors (Lipinski definition) is 2. The Hall–Kier alpha value is -1.35. The summed E-state index contributed by atoms with van der Waals surface area (Å²) in [5, 5.41) is 4.46. The molecule has 1 heterocycles. The molecule has 1 atom stereocenters. The van der Waals surface area contributed by atoms with Crippen LogP contribution in [0.4, 0.5) is 4.39 Å². The van der Waals surface area contributed by atoms with Crippen LogP contribution >= 0.6 is 0 Å². The van der Waals surface area contributed by atoms with Gasteiger partial charge in [0.15, 0.2) is 0 Å². The minimum absolute atomic E-state index is 0.205. The van der Waals surface area contributed by atoms with Crippen molar-refractivity contribution in [1.29, 1.82) is 0 Å². The summed E-state index contributed by atoms with van der Waals surface area (Å²) in [6.07, 6.45) is 7.61. The number of nitrogens with one attached hydrogen (secondary N) is 1. The van der Waals surface area contributed by atoms with Gasteiger partial charge in [-0.2, -0.15) is 0 Å². The van der Waals surface area contributed by atoms with E-state index in [9.17, 15) is 4.39 Å². The third-order valence-corrected chi connectivity index (χ3v) is 4.53. The van der Waals surface area contributed by atoms with Gasteiger partial charge < -0.3 is 9.73 Å². The molecule has 0 bridgehead atoms. The quantitative estimate of drug-likeness (QED) is 0.791. The first-order valence-electron chi connectivity index (χ1n) is 8.18. The standard InChI is InChI=1S/C18H24FNO/c1-2-9-20-16(10-13-5-3-4-6-13)18-12-14-11-15(19)7-8-17(14)21-18/h7-8,11-13,16,20H,2-6,9-10H2,1H3. The second-order valence-electron chi connectivity index (χ2n) is 6.22. The average molecular weight is 289 g/mol. The summed E-state index contributed by atoms with van der Waals surface area (Å²) < 4.78 is 19.3.